The molecule has 1 aliphatic carbocycles. The molecule has 1 saturated carbocycles. The Kier molecular flexibility index (Phi) is 7.25. The van der Waals surface area contributed by atoms with Crippen LogP contribution in [-0.4, -0.2) is 37.4 Å². The number of pyridine rings is 1. The van der Waals surface area contributed by atoms with E-state index in [9.17, 15) is 18.0 Å². The van der Waals surface area contributed by atoms with E-state index in [0.29, 0.717) is 18.0 Å². The van der Waals surface area contributed by atoms with Crippen LogP contribution in [0.1, 0.15) is 25.8 Å². The molecule has 3 N–H and O–H groups in total. The maximum absolute atomic E-state index is 14.0. The molecule has 3 rings (SSSR count). The molecule has 7 nitrogen and oxygen atoms in total. The van der Waals surface area contributed by atoms with Gasteiger partial charge in [-0.15, -0.1) is 0 Å². The third-order valence-corrected chi connectivity index (χ3v) is 5.39. The number of hydrogen-bond acceptors (Lipinski definition) is 6. The lowest BCUT2D eigenvalue weighted by Gasteiger charge is -2.20. The van der Waals surface area contributed by atoms with E-state index < -0.39 is 34.7 Å². The van der Waals surface area contributed by atoms with Gasteiger partial charge in [-0.1, -0.05) is 0 Å². The molecule has 33 heavy (non-hydrogen) atoms. The minimum Gasteiger partial charge on any atom is -0.493 e. The van der Waals surface area contributed by atoms with Gasteiger partial charge in [0.1, 0.15) is 17.5 Å². The number of nitrogens with two attached hydrogens (primary N) is 1. The molecule has 1 fully saturated rings. The molecule has 0 spiro atoms. The summed E-state index contributed by atoms with van der Waals surface area (Å²) in [6, 6.07) is 4.36. The summed E-state index contributed by atoms with van der Waals surface area (Å²) in [6.07, 6.45) is 2.66. The van der Waals surface area contributed by atoms with Gasteiger partial charge in [-0.05, 0) is 38.0 Å². The average molecular weight is 462 g/mol. The molecular weight excluding hydrogens is 437 g/mol. The average Bonchev–Trinajstić information content (AvgIpc) is 3.50. The highest BCUT2D eigenvalue weighted by atomic mass is 19.1. The lowest BCUT2D eigenvalue weighted by molar-refractivity contribution is -0.118. The highest BCUT2D eigenvalue weighted by molar-refractivity contribution is 5.95. The molecule has 2 aromatic rings. The number of nitrogens with zero attached hydrogens (tertiary/aromatic N) is 2. The molecule has 1 aromatic carbocycles. The van der Waals surface area contributed by atoms with E-state index in [1.807, 2.05) is 6.92 Å². The number of rotatable bonds is 9. The highest BCUT2D eigenvalue weighted by Gasteiger charge is 2.60. The number of carbonyl (C=O) groups is 1. The van der Waals surface area contributed by atoms with E-state index in [1.54, 1.807) is 6.92 Å². The number of aliphatic imine (C=N–C) groups is 1. The molecule has 1 aliphatic rings. The number of hydrogen-bond donors (Lipinski definition) is 2. The zero-order valence-corrected chi connectivity index (χ0v) is 18.5. The van der Waals surface area contributed by atoms with Crippen LogP contribution in [0.25, 0.3) is 0 Å². The Labute approximate surface area is 189 Å². The maximum atomic E-state index is 14.0. The summed E-state index contributed by atoms with van der Waals surface area (Å²) >= 11 is 0. The van der Waals surface area contributed by atoms with Crippen molar-refractivity contribution < 1.29 is 27.4 Å². The van der Waals surface area contributed by atoms with Crippen LogP contribution >= 0.6 is 0 Å². The largest absolute Gasteiger partial charge is 0.493 e. The molecule has 0 radical (unpaired) electrons. The van der Waals surface area contributed by atoms with Crippen molar-refractivity contribution in [3.05, 3.63) is 64.9 Å². The highest BCUT2D eigenvalue weighted by Crippen LogP contribution is 2.55. The number of amides is 1. The molecule has 2 atom stereocenters. The van der Waals surface area contributed by atoms with Gasteiger partial charge >= 0.3 is 0 Å². The van der Waals surface area contributed by atoms with E-state index in [4.69, 9.17) is 15.2 Å². The number of carbonyl (C=O) groups excluding carboxylic acids is 1. The van der Waals surface area contributed by atoms with Gasteiger partial charge in [0.25, 0.3) is 0 Å². The van der Waals surface area contributed by atoms with E-state index in [-0.39, 0.29) is 30.2 Å². The predicted molar refractivity (Wildman–Crippen MR) is 117 cm³/mol. The van der Waals surface area contributed by atoms with E-state index in [1.165, 1.54) is 31.5 Å². The lowest BCUT2D eigenvalue weighted by Crippen LogP contribution is -2.26. The summed E-state index contributed by atoms with van der Waals surface area (Å²) in [5, 5.41) is 2.60. The van der Waals surface area contributed by atoms with Crippen molar-refractivity contribution in [2.75, 3.05) is 25.6 Å². The fourth-order valence-electron chi connectivity index (χ4n) is 3.54. The fourth-order valence-corrected chi connectivity index (χ4v) is 3.54. The van der Waals surface area contributed by atoms with Crippen LogP contribution in [-0.2, 0) is 14.9 Å². The number of nitrogens with one attached hydrogen (secondary N) is 1. The topological polar surface area (TPSA) is 98.8 Å². The monoisotopic (exact) mass is 462 g/mol. The first kappa shape index (κ1) is 24.1. The number of benzene rings is 1. The molecule has 176 valence electrons. The molecular formula is C23H25F3N4O3. The van der Waals surface area contributed by atoms with Crippen LogP contribution in [0.3, 0.4) is 0 Å². The second-order valence-electron chi connectivity index (χ2n) is 7.73. The Hall–Kier alpha value is -3.56. The lowest BCUT2D eigenvalue weighted by atomic mass is 9.93. The zero-order valence-electron chi connectivity index (χ0n) is 18.5. The molecule has 0 aliphatic heterocycles. The van der Waals surface area contributed by atoms with E-state index in [0.717, 1.165) is 12.3 Å². The minimum atomic E-state index is -1.00. The van der Waals surface area contributed by atoms with Crippen LogP contribution in [0.5, 0.6) is 5.75 Å². The normalized spacial score (nSPS) is 20.4. The van der Waals surface area contributed by atoms with Gasteiger partial charge in [-0.2, -0.15) is 0 Å². The van der Waals surface area contributed by atoms with Gasteiger partial charge in [0.2, 0.25) is 5.91 Å². The number of aromatic nitrogens is 1. The number of halogens is 3. The smallest absolute Gasteiger partial charge is 0.229 e. The van der Waals surface area contributed by atoms with Crippen LogP contribution in [0.2, 0.25) is 0 Å². The molecule has 1 aromatic heterocycles. The third-order valence-electron chi connectivity index (χ3n) is 5.39. The van der Waals surface area contributed by atoms with Gasteiger partial charge in [-0.25, -0.2) is 18.2 Å². The van der Waals surface area contributed by atoms with Gasteiger partial charge in [-0.3, -0.25) is 9.79 Å². The Morgan fingerprint density at radius 3 is 2.61 bits per heavy atom. The van der Waals surface area contributed by atoms with Crippen molar-refractivity contribution in [1.29, 1.82) is 0 Å². The Morgan fingerprint density at radius 1 is 1.30 bits per heavy atom. The Bertz CT molecular complexity index is 1080. The first-order chi connectivity index (χ1) is 15.7. The first-order valence-corrected chi connectivity index (χ1v) is 10.3. The summed E-state index contributed by atoms with van der Waals surface area (Å²) in [4.78, 5) is 20.9. The standard InChI is InChI=1S/C23H25F3N4O3/c1-4-28-11-20(13(2)27)33-12-23(14-5-15(24)7-16(25)6-14)9-17(23)22(31)30-21-8-19(32-3)18(26)10-29-21/h5-8,10-11,17H,4,9,12,27H2,1-3H3,(H,29,30,31)/b20-13+,28-11?/t17?,23-/m1/s1. The number of anilines is 1. The van der Waals surface area contributed by atoms with Crippen LogP contribution in [0.4, 0.5) is 19.0 Å². The minimum absolute atomic E-state index is 0.0618. The van der Waals surface area contributed by atoms with Crippen LogP contribution in [0, 0.1) is 23.4 Å². The Balaban J connectivity index is 1.87. The van der Waals surface area contributed by atoms with Crippen molar-refractivity contribution in [3.8, 4) is 5.75 Å². The summed E-state index contributed by atoms with van der Waals surface area (Å²) in [6.45, 7) is 3.93. The maximum Gasteiger partial charge on any atom is 0.229 e. The van der Waals surface area contributed by atoms with Crippen molar-refractivity contribution >= 4 is 17.9 Å². The van der Waals surface area contributed by atoms with Crippen molar-refractivity contribution in [2.24, 2.45) is 16.6 Å². The Morgan fingerprint density at radius 2 is 2.00 bits per heavy atom. The summed E-state index contributed by atoms with van der Waals surface area (Å²) in [5.41, 5.74) is 5.52. The summed E-state index contributed by atoms with van der Waals surface area (Å²) in [5.74, 6) is -3.03. The number of allylic oxidation sites excluding steroid dienone is 2. The molecule has 1 unspecified atom stereocenters. The first-order valence-electron chi connectivity index (χ1n) is 10.3. The zero-order chi connectivity index (χ0) is 24.2. The van der Waals surface area contributed by atoms with Crippen molar-refractivity contribution in [1.82, 2.24) is 4.98 Å². The quantitative estimate of drug-likeness (QED) is 0.437. The van der Waals surface area contributed by atoms with Gasteiger partial charge in [0.05, 0.1) is 32.0 Å². The molecule has 0 saturated heterocycles. The summed E-state index contributed by atoms with van der Waals surface area (Å²) < 4.78 is 52.3. The number of ether oxygens (including phenoxy) is 2. The van der Waals surface area contributed by atoms with Crippen LogP contribution < -0.4 is 15.8 Å². The van der Waals surface area contributed by atoms with Crippen LogP contribution in [0.15, 0.2) is 46.9 Å². The SMILES string of the molecule is CCN=C/C(OC[C@@]1(c2cc(F)cc(F)c2)CC1C(=O)Nc1cc(OC)c(F)cn1)=C(/C)N. The summed E-state index contributed by atoms with van der Waals surface area (Å²) in [7, 11) is 1.29. The number of methoxy groups -OCH3 is 1. The fraction of sp³-hybridized carbons (Fsp3) is 0.348. The van der Waals surface area contributed by atoms with E-state index >= 15 is 0 Å². The molecule has 10 heteroatoms. The van der Waals surface area contributed by atoms with Gasteiger partial charge in [0, 0.05) is 29.8 Å². The van der Waals surface area contributed by atoms with Gasteiger partial charge in [0.15, 0.2) is 17.3 Å². The van der Waals surface area contributed by atoms with Crippen molar-refractivity contribution in [3.63, 3.8) is 0 Å². The predicted octanol–water partition coefficient (Wildman–Crippen LogP) is 3.70. The third kappa shape index (κ3) is 5.44. The molecule has 1 amide bonds. The molecule has 0 bridgehead atoms. The molecule has 1 heterocycles. The second kappa shape index (κ2) is 9.93. The van der Waals surface area contributed by atoms with Crippen molar-refractivity contribution in [2.45, 2.75) is 25.7 Å². The second-order valence-corrected chi connectivity index (χ2v) is 7.73. The van der Waals surface area contributed by atoms with E-state index in [2.05, 4.69) is 15.3 Å². The van der Waals surface area contributed by atoms with Gasteiger partial charge < -0.3 is 20.5 Å².